The summed E-state index contributed by atoms with van der Waals surface area (Å²) >= 11 is 0. The minimum absolute atomic E-state index is 0.145. The molecular weight excluding hydrogens is 240 g/mol. The zero-order valence-electron chi connectivity index (χ0n) is 10.9. The molecule has 0 aromatic heterocycles. The number of hydrogen-bond donors (Lipinski definition) is 2. The number of piperidine rings is 1. The second-order valence-corrected chi connectivity index (χ2v) is 4.05. The predicted octanol–water partition coefficient (Wildman–Crippen LogP) is -0.411. The summed E-state index contributed by atoms with van der Waals surface area (Å²) in [6, 6.07) is -0.531. The lowest BCUT2D eigenvalue weighted by Gasteiger charge is -2.30. The van der Waals surface area contributed by atoms with Gasteiger partial charge in [-0.1, -0.05) is 0 Å². The lowest BCUT2D eigenvalue weighted by Crippen LogP contribution is -2.53. The number of rotatable bonds is 3. The number of imide groups is 1. The molecule has 2 unspecified atom stereocenters. The number of nitrogens with two attached hydrogens (primary N) is 1. The lowest BCUT2D eigenvalue weighted by atomic mass is 10.0. The third-order valence-corrected chi connectivity index (χ3v) is 2.40. The predicted molar refractivity (Wildman–Crippen MR) is 63.7 cm³/mol. The minimum Gasteiger partial charge on any atom is -0.481 e. The molecule has 1 heterocycles. The number of methoxy groups -OCH3 is 1. The van der Waals surface area contributed by atoms with Gasteiger partial charge in [-0.3, -0.25) is 19.3 Å². The van der Waals surface area contributed by atoms with Crippen LogP contribution in [0.2, 0.25) is 0 Å². The quantitative estimate of drug-likeness (QED) is 0.667. The summed E-state index contributed by atoms with van der Waals surface area (Å²) in [4.78, 5) is 33.1. The molecule has 1 fully saturated rings. The zero-order chi connectivity index (χ0) is 14.3. The Morgan fingerprint density at radius 2 is 2.11 bits per heavy atom. The van der Waals surface area contributed by atoms with E-state index in [-0.39, 0.29) is 17.9 Å². The molecule has 0 saturated carbocycles. The van der Waals surface area contributed by atoms with E-state index in [9.17, 15) is 9.59 Å². The van der Waals surface area contributed by atoms with Crippen molar-refractivity contribution in [2.45, 2.75) is 38.8 Å². The summed E-state index contributed by atoms with van der Waals surface area (Å²) in [7, 11) is 1.55. The van der Waals surface area contributed by atoms with Crippen LogP contribution in [0.1, 0.15) is 26.7 Å². The van der Waals surface area contributed by atoms with Crippen LogP contribution < -0.4 is 5.73 Å². The number of carboxylic acid groups (broad SMARTS) is 1. The number of carbonyl (C=O) groups excluding carboxylic acids is 2. The fourth-order valence-corrected chi connectivity index (χ4v) is 1.38. The van der Waals surface area contributed by atoms with Crippen LogP contribution in [-0.2, 0) is 19.1 Å². The van der Waals surface area contributed by atoms with Crippen LogP contribution in [0.25, 0.3) is 0 Å². The largest absolute Gasteiger partial charge is 0.481 e. The summed E-state index contributed by atoms with van der Waals surface area (Å²) in [6.45, 7) is 3.18. The van der Waals surface area contributed by atoms with E-state index in [1.165, 1.54) is 4.90 Å². The molecule has 0 radical (unpaired) electrons. The Morgan fingerprint density at radius 1 is 1.61 bits per heavy atom. The van der Waals surface area contributed by atoms with Gasteiger partial charge in [-0.25, -0.2) is 0 Å². The molecule has 104 valence electrons. The Labute approximate surface area is 106 Å². The number of carbonyl (C=O) groups is 3. The second kappa shape index (κ2) is 7.78. The molecule has 2 amide bonds. The van der Waals surface area contributed by atoms with Gasteiger partial charge in [-0.15, -0.1) is 0 Å². The number of ether oxygens (including phenoxy) is 1. The summed E-state index contributed by atoms with van der Waals surface area (Å²) in [5.74, 6) is -1.27. The summed E-state index contributed by atoms with van der Waals surface area (Å²) in [6.07, 6.45) is 0.659. The van der Waals surface area contributed by atoms with Gasteiger partial charge in [0.05, 0.1) is 18.7 Å². The number of aliphatic carboxylic acids is 1. The first-order chi connectivity index (χ1) is 8.29. The average molecular weight is 260 g/mol. The Kier molecular flexibility index (Phi) is 7.14. The minimum atomic E-state index is -0.833. The van der Waals surface area contributed by atoms with Crippen LogP contribution in [0.15, 0.2) is 0 Å². The number of likely N-dealkylation sites (tertiary alicyclic amines) is 1. The van der Waals surface area contributed by atoms with E-state index in [0.29, 0.717) is 19.4 Å². The van der Waals surface area contributed by atoms with Gasteiger partial charge in [0.15, 0.2) is 0 Å². The Morgan fingerprint density at radius 3 is 2.56 bits per heavy atom. The Balaban J connectivity index is 0.000000631. The van der Waals surface area contributed by atoms with Crippen molar-refractivity contribution in [2.75, 3.05) is 13.7 Å². The van der Waals surface area contributed by atoms with E-state index in [1.54, 1.807) is 14.0 Å². The topological polar surface area (TPSA) is 110 Å². The van der Waals surface area contributed by atoms with E-state index in [1.807, 2.05) is 0 Å². The van der Waals surface area contributed by atoms with E-state index in [0.717, 1.165) is 6.92 Å². The fourth-order valence-electron chi connectivity index (χ4n) is 1.38. The maximum absolute atomic E-state index is 11.5. The molecule has 1 aliphatic rings. The molecule has 1 aliphatic heterocycles. The molecule has 0 bridgehead atoms. The molecule has 0 spiro atoms. The standard InChI is InChI=1S/C9H16N2O3.C2H4O2/c1-6(14-2)5-11-8(12)4-3-7(10)9(11)13;1-2(3)4/h6-7H,3-5,10H2,1-2H3;1H3,(H,3,4). The van der Waals surface area contributed by atoms with Gasteiger partial charge in [0.1, 0.15) is 0 Å². The van der Waals surface area contributed by atoms with Gasteiger partial charge in [0.2, 0.25) is 11.8 Å². The first kappa shape index (κ1) is 16.5. The van der Waals surface area contributed by atoms with Gasteiger partial charge in [-0.2, -0.15) is 0 Å². The van der Waals surface area contributed by atoms with E-state index in [4.69, 9.17) is 20.4 Å². The van der Waals surface area contributed by atoms with Crippen LogP contribution >= 0.6 is 0 Å². The van der Waals surface area contributed by atoms with Crippen LogP contribution in [0.5, 0.6) is 0 Å². The van der Waals surface area contributed by atoms with Crippen molar-refractivity contribution in [1.29, 1.82) is 0 Å². The van der Waals surface area contributed by atoms with Gasteiger partial charge in [0, 0.05) is 20.5 Å². The molecule has 1 rings (SSSR count). The number of hydrogen-bond acceptors (Lipinski definition) is 5. The third-order valence-electron chi connectivity index (χ3n) is 2.40. The van der Waals surface area contributed by atoms with Gasteiger partial charge in [-0.05, 0) is 13.3 Å². The average Bonchev–Trinajstić information content (AvgIpc) is 2.28. The van der Waals surface area contributed by atoms with E-state index < -0.39 is 12.0 Å². The van der Waals surface area contributed by atoms with Crippen molar-refractivity contribution in [1.82, 2.24) is 4.90 Å². The van der Waals surface area contributed by atoms with Crippen molar-refractivity contribution in [2.24, 2.45) is 5.73 Å². The van der Waals surface area contributed by atoms with Crippen molar-refractivity contribution in [3.05, 3.63) is 0 Å². The highest BCUT2D eigenvalue weighted by Crippen LogP contribution is 2.12. The molecule has 1 saturated heterocycles. The van der Waals surface area contributed by atoms with E-state index in [2.05, 4.69) is 0 Å². The molecule has 0 aromatic carbocycles. The summed E-state index contributed by atoms with van der Waals surface area (Å²) in [5.41, 5.74) is 5.56. The van der Waals surface area contributed by atoms with Crippen molar-refractivity contribution in [3.63, 3.8) is 0 Å². The number of carboxylic acids is 1. The maximum atomic E-state index is 11.5. The van der Waals surface area contributed by atoms with Crippen LogP contribution in [0.4, 0.5) is 0 Å². The normalized spacial score (nSPS) is 21.1. The third kappa shape index (κ3) is 5.74. The summed E-state index contributed by atoms with van der Waals surface area (Å²) < 4.78 is 5.00. The molecule has 0 aliphatic carbocycles. The second-order valence-electron chi connectivity index (χ2n) is 4.05. The molecule has 3 N–H and O–H groups in total. The maximum Gasteiger partial charge on any atom is 0.300 e. The molecule has 7 nitrogen and oxygen atoms in total. The van der Waals surface area contributed by atoms with Gasteiger partial charge < -0.3 is 15.6 Å². The van der Waals surface area contributed by atoms with Crippen LogP contribution in [0, 0.1) is 0 Å². The van der Waals surface area contributed by atoms with Gasteiger partial charge in [0.25, 0.3) is 5.97 Å². The SMILES string of the molecule is CC(=O)O.COC(C)CN1C(=O)CCC(N)C1=O. The zero-order valence-corrected chi connectivity index (χ0v) is 10.9. The van der Waals surface area contributed by atoms with Crippen LogP contribution in [-0.4, -0.2) is 53.6 Å². The van der Waals surface area contributed by atoms with E-state index >= 15 is 0 Å². The molecule has 7 heteroatoms. The van der Waals surface area contributed by atoms with Crippen molar-refractivity contribution < 1.29 is 24.2 Å². The highest BCUT2D eigenvalue weighted by Gasteiger charge is 2.32. The first-order valence-electron chi connectivity index (χ1n) is 5.61. The molecule has 0 aromatic rings. The fraction of sp³-hybridized carbons (Fsp3) is 0.727. The van der Waals surface area contributed by atoms with Gasteiger partial charge >= 0.3 is 0 Å². The lowest BCUT2D eigenvalue weighted by molar-refractivity contribution is -0.151. The highest BCUT2D eigenvalue weighted by molar-refractivity contribution is 6.00. The monoisotopic (exact) mass is 260 g/mol. The molecule has 2 atom stereocenters. The number of nitrogens with zero attached hydrogens (tertiary/aromatic N) is 1. The molecular formula is C11H20N2O5. The Bertz CT molecular complexity index is 315. The highest BCUT2D eigenvalue weighted by atomic mass is 16.5. The number of amides is 2. The molecule has 18 heavy (non-hydrogen) atoms. The van der Waals surface area contributed by atoms with Crippen LogP contribution in [0.3, 0.4) is 0 Å². The first-order valence-corrected chi connectivity index (χ1v) is 5.61. The Hall–Kier alpha value is -1.47. The summed E-state index contributed by atoms with van der Waals surface area (Å²) in [5, 5.41) is 7.42. The smallest absolute Gasteiger partial charge is 0.300 e. The van der Waals surface area contributed by atoms with Crippen molar-refractivity contribution >= 4 is 17.8 Å². The van der Waals surface area contributed by atoms with Crippen molar-refractivity contribution in [3.8, 4) is 0 Å².